The zero-order chi connectivity index (χ0) is 14.3. The molecule has 2 N–H and O–H groups in total. The fourth-order valence-electron chi connectivity index (χ4n) is 2.56. The van der Waals surface area contributed by atoms with Crippen LogP contribution in [0.2, 0.25) is 5.02 Å². The highest BCUT2D eigenvalue weighted by atomic mass is 35.5. The van der Waals surface area contributed by atoms with Gasteiger partial charge < -0.3 is 15.0 Å². The quantitative estimate of drug-likeness (QED) is 0.934. The van der Waals surface area contributed by atoms with E-state index in [1.807, 2.05) is 18.2 Å². The first-order chi connectivity index (χ1) is 9.67. The van der Waals surface area contributed by atoms with Gasteiger partial charge in [-0.1, -0.05) is 17.7 Å². The highest BCUT2D eigenvalue weighted by molar-refractivity contribution is 6.33. The van der Waals surface area contributed by atoms with Crippen LogP contribution in [0, 0.1) is 0 Å². The Morgan fingerprint density at radius 2 is 2.20 bits per heavy atom. The number of nitrogens with two attached hydrogens (primary N) is 1. The summed E-state index contributed by atoms with van der Waals surface area (Å²) in [5.41, 5.74) is 7.80. The van der Waals surface area contributed by atoms with Crippen LogP contribution in [0.1, 0.15) is 31.5 Å². The van der Waals surface area contributed by atoms with Gasteiger partial charge in [-0.15, -0.1) is 0 Å². The molecular formula is C15H18ClN3O. The first-order valence-corrected chi connectivity index (χ1v) is 7.23. The van der Waals surface area contributed by atoms with Gasteiger partial charge in [-0.05, 0) is 31.9 Å². The lowest BCUT2D eigenvalue weighted by atomic mass is 10.1. The minimum atomic E-state index is 0.541. The smallest absolute Gasteiger partial charge is 0.131 e. The fourth-order valence-corrected chi connectivity index (χ4v) is 2.81. The molecule has 2 aromatic rings. The van der Waals surface area contributed by atoms with E-state index in [9.17, 15) is 0 Å². The number of methoxy groups -OCH3 is 1. The molecular weight excluding hydrogens is 274 g/mol. The monoisotopic (exact) mass is 291 g/mol. The minimum absolute atomic E-state index is 0.541. The van der Waals surface area contributed by atoms with Gasteiger partial charge in [0.05, 0.1) is 17.7 Å². The molecule has 0 unspecified atom stereocenters. The van der Waals surface area contributed by atoms with E-state index in [0.717, 1.165) is 23.6 Å². The van der Waals surface area contributed by atoms with Gasteiger partial charge in [0.25, 0.3) is 0 Å². The molecule has 1 aliphatic rings. The predicted octanol–water partition coefficient (Wildman–Crippen LogP) is 3.69. The second-order valence-electron chi connectivity index (χ2n) is 5.04. The van der Waals surface area contributed by atoms with Crippen LogP contribution in [0.4, 0.5) is 5.82 Å². The second-order valence-corrected chi connectivity index (χ2v) is 5.45. The third-order valence-electron chi connectivity index (χ3n) is 3.73. The standard InChI is InChI=1S/C15H18ClN3O/c1-3-19-14(17)13(18-15(19)9-7-8-9)12-10(16)5-4-6-11(12)20-2/h4-6,9H,3,7-8,17H2,1-2H3. The molecule has 0 saturated heterocycles. The largest absolute Gasteiger partial charge is 0.496 e. The van der Waals surface area contributed by atoms with Gasteiger partial charge in [0.15, 0.2) is 0 Å². The van der Waals surface area contributed by atoms with Crippen molar-refractivity contribution in [1.29, 1.82) is 0 Å². The average Bonchev–Trinajstić information content (AvgIpc) is 3.23. The summed E-state index contributed by atoms with van der Waals surface area (Å²) in [5, 5.41) is 0.610. The maximum absolute atomic E-state index is 6.33. The molecule has 4 nitrogen and oxygen atoms in total. The Kier molecular flexibility index (Phi) is 3.34. The summed E-state index contributed by atoms with van der Waals surface area (Å²) in [6.45, 7) is 2.90. The lowest BCUT2D eigenvalue weighted by molar-refractivity contribution is 0.416. The molecule has 0 spiro atoms. The van der Waals surface area contributed by atoms with E-state index < -0.39 is 0 Å². The zero-order valence-electron chi connectivity index (χ0n) is 11.7. The number of imidazole rings is 1. The molecule has 20 heavy (non-hydrogen) atoms. The first kappa shape index (κ1) is 13.3. The Balaban J connectivity index is 2.20. The van der Waals surface area contributed by atoms with E-state index in [0.29, 0.717) is 22.5 Å². The van der Waals surface area contributed by atoms with Crippen molar-refractivity contribution in [3.8, 4) is 17.0 Å². The molecule has 0 radical (unpaired) electrons. The number of hydrogen-bond donors (Lipinski definition) is 1. The molecule has 1 aromatic carbocycles. The normalized spacial score (nSPS) is 14.6. The van der Waals surface area contributed by atoms with Gasteiger partial charge in [-0.3, -0.25) is 0 Å². The van der Waals surface area contributed by atoms with Crippen molar-refractivity contribution in [3.05, 3.63) is 29.0 Å². The molecule has 1 heterocycles. The lowest BCUT2D eigenvalue weighted by Gasteiger charge is -2.09. The van der Waals surface area contributed by atoms with Gasteiger partial charge in [-0.2, -0.15) is 0 Å². The Morgan fingerprint density at radius 1 is 1.45 bits per heavy atom. The molecule has 0 aliphatic heterocycles. The number of halogens is 1. The van der Waals surface area contributed by atoms with Crippen molar-refractivity contribution in [1.82, 2.24) is 9.55 Å². The maximum Gasteiger partial charge on any atom is 0.131 e. The van der Waals surface area contributed by atoms with Crippen LogP contribution in [-0.4, -0.2) is 16.7 Å². The summed E-state index contributed by atoms with van der Waals surface area (Å²) in [6, 6.07) is 5.57. The topological polar surface area (TPSA) is 53.1 Å². The average molecular weight is 292 g/mol. The van der Waals surface area contributed by atoms with Crippen LogP contribution >= 0.6 is 11.6 Å². The van der Waals surface area contributed by atoms with E-state index in [1.54, 1.807) is 7.11 Å². The Morgan fingerprint density at radius 3 is 2.80 bits per heavy atom. The van der Waals surface area contributed by atoms with Crippen LogP contribution in [0.25, 0.3) is 11.3 Å². The van der Waals surface area contributed by atoms with Gasteiger partial charge in [0.2, 0.25) is 0 Å². The van der Waals surface area contributed by atoms with Crippen LogP contribution in [0.5, 0.6) is 5.75 Å². The predicted molar refractivity (Wildman–Crippen MR) is 81.3 cm³/mol. The van der Waals surface area contributed by atoms with Crippen molar-refractivity contribution in [3.63, 3.8) is 0 Å². The van der Waals surface area contributed by atoms with Crippen molar-refractivity contribution in [2.24, 2.45) is 0 Å². The van der Waals surface area contributed by atoms with Crippen molar-refractivity contribution >= 4 is 17.4 Å². The van der Waals surface area contributed by atoms with Crippen molar-refractivity contribution in [2.75, 3.05) is 12.8 Å². The molecule has 1 saturated carbocycles. The highest BCUT2D eigenvalue weighted by Crippen LogP contribution is 2.44. The Hall–Kier alpha value is -1.68. The summed E-state index contributed by atoms with van der Waals surface area (Å²) in [6.07, 6.45) is 2.38. The lowest BCUT2D eigenvalue weighted by Crippen LogP contribution is -2.04. The first-order valence-electron chi connectivity index (χ1n) is 6.86. The van der Waals surface area contributed by atoms with Crippen LogP contribution in [-0.2, 0) is 6.54 Å². The SMILES string of the molecule is CCn1c(C2CC2)nc(-c2c(Cl)cccc2OC)c1N. The molecule has 0 bridgehead atoms. The van der Waals surface area contributed by atoms with Crippen molar-refractivity contribution in [2.45, 2.75) is 32.2 Å². The third kappa shape index (κ3) is 2.04. The third-order valence-corrected chi connectivity index (χ3v) is 4.04. The van der Waals surface area contributed by atoms with E-state index in [2.05, 4.69) is 11.5 Å². The molecule has 106 valence electrons. The number of anilines is 1. The summed E-state index contributed by atoms with van der Waals surface area (Å²) in [7, 11) is 1.63. The molecule has 1 aliphatic carbocycles. The summed E-state index contributed by atoms with van der Waals surface area (Å²) >= 11 is 6.33. The number of rotatable bonds is 4. The number of ether oxygens (including phenoxy) is 1. The van der Waals surface area contributed by atoms with Gasteiger partial charge in [0, 0.05) is 12.5 Å². The van der Waals surface area contributed by atoms with Crippen LogP contribution in [0.3, 0.4) is 0 Å². The minimum Gasteiger partial charge on any atom is -0.496 e. The fraction of sp³-hybridized carbons (Fsp3) is 0.400. The molecule has 3 rings (SSSR count). The van der Waals surface area contributed by atoms with Crippen LogP contribution < -0.4 is 10.5 Å². The number of aromatic nitrogens is 2. The Labute approximate surface area is 123 Å². The Bertz CT molecular complexity index is 647. The molecule has 1 aromatic heterocycles. The van der Waals surface area contributed by atoms with Gasteiger partial charge in [-0.25, -0.2) is 4.98 Å². The number of nitrogens with zero attached hydrogens (tertiary/aromatic N) is 2. The number of nitrogen functional groups attached to an aromatic ring is 1. The second kappa shape index (κ2) is 5.02. The molecule has 5 heteroatoms. The van der Waals surface area contributed by atoms with Crippen molar-refractivity contribution < 1.29 is 4.74 Å². The van der Waals surface area contributed by atoms with E-state index in [-0.39, 0.29) is 0 Å². The van der Waals surface area contributed by atoms with Gasteiger partial charge >= 0.3 is 0 Å². The van der Waals surface area contributed by atoms with E-state index in [4.69, 9.17) is 27.1 Å². The number of benzene rings is 1. The summed E-state index contributed by atoms with van der Waals surface area (Å²) in [4.78, 5) is 4.76. The zero-order valence-corrected chi connectivity index (χ0v) is 12.4. The summed E-state index contributed by atoms with van der Waals surface area (Å²) in [5.74, 6) is 2.98. The number of hydrogen-bond acceptors (Lipinski definition) is 3. The van der Waals surface area contributed by atoms with Crippen LogP contribution in [0.15, 0.2) is 18.2 Å². The van der Waals surface area contributed by atoms with E-state index in [1.165, 1.54) is 12.8 Å². The van der Waals surface area contributed by atoms with E-state index >= 15 is 0 Å². The molecule has 0 amide bonds. The van der Waals surface area contributed by atoms with Gasteiger partial charge in [0.1, 0.15) is 23.1 Å². The summed E-state index contributed by atoms with van der Waals surface area (Å²) < 4.78 is 7.48. The maximum atomic E-state index is 6.33. The molecule has 1 fully saturated rings. The molecule has 0 atom stereocenters. The highest BCUT2D eigenvalue weighted by Gasteiger charge is 2.31.